The Hall–Kier alpha value is -3.79. The normalized spacial score (nSPS) is 15.4. The van der Waals surface area contributed by atoms with Crippen LogP contribution in [0.1, 0.15) is 25.8 Å². The highest BCUT2D eigenvalue weighted by Gasteiger charge is 2.39. The molecule has 0 saturated carbocycles. The van der Waals surface area contributed by atoms with Gasteiger partial charge in [-0.3, -0.25) is 23.9 Å². The highest BCUT2D eigenvalue weighted by atomic mass is 32.2. The number of carbonyl (C=O) groups excluding carboxylic acids is 2. The van der Waals surface area contributed by atoms with Crippen LogP contribution in [0.5, 0.6) is 0 Å². The van der Waals surface area contributed by atoms with Crippen LogP contribution in [-0.4, -0.2) is 40.7 Å². The van der Waals surface area contributed by atoms with Gasteiger partial charge in [0, 0.05) is 30.1 Å². The number of hydrogen-bond donors (Lipinski definition) is 2. The fraction of sp³-hybridized carbons (Fsp3) is 0.333. The van der Waals surface area contributed by atoms with Crippen molar-refractivity contribution < 1.29 is 9.59 Å². The van der Waals surface area contributed by atoms with Gasteiger partial charge < -0.3 is 15.5 Å². The Kier molecular flexibility index (Phi) is 7.87. The highest BCUT2D eigenvalue weighted by Crippen LogP contribution is 2.30. The van der Waals surface area contributed by atoms with Crippen molar-refractivity contribution in [3.8, 4) is 0 Å². The summed E-state index contributed by atoms with van der Waals surface area (Å²) in [6, 6.07) is 16.8. The molecule has 0 spiro atoms. The summed E-state index contributed by atoms with van der Waals surface area (Å²) in [5.74, 6) is -1.26. The summed E-state index contributed by atoms with van der Waals surface area (Å²) in [6.07, 6.45) is 1.98. The minimum atomic E-state index is -0.727. The molecule has 3 aromatic rings. The fourth-order valence-electron chi connectivity index (χ4n) is 4.54. The lowest BCUT2D eigenvalue weighted by Gasteiger charge is -2.28. The summed E-state index contributed by atoms with van der Waals surface area (Å²) < 4.78 is 1.26. The standard InChI is InChI=1S/C27H31N5O4S/c1-17(2)14-31(23-24(28)32(27(36)29-25(23)34)15-18-8-5-4-6-9-18)26(35)19-12-22(33)30(16-19)20-10-7-11-21(13-20)37-3/h4-11,13,17,19H,12,14-16,28H2,1-3H3,(H,29,34,36)/t19-/m0/s1. The molecule has 4 rings (SSSR count). The Labute approximate surface area is 219 Å². The number of rotatable bonds is 8. The number of benzene rings is 2. The minimum absolute atomic E-state index is 0.00344. The number of nitrogens with one attached hydrogen (secondary N) is 1. The average molecular weight is 522 g/mol. The van der Waals surface area contributed by atoms with Crippen LogP contribution in [0, 0.1) is 11.8 Å². The molecule has 3 N–H and O–H groups in total. The van der Waals surface area contributed by atoms with E-state index in [4.69, 9.17) is 5.73 Å². The van der Waals surface area contributed by atoms with Crippen LogP contribution in [0.25, 0.3) is 0 Å². The van der Waals surface area contributed by atoms with E-state index in [-0.39, 0.29) is 55.3 Å². The van der Waals surface area contributed by atoms with Gasteiger partial charge in [0.05, 0.1) is 12.5 Å². The van der Waals surface area contributed by atoms with Gasteiger partial charge in [0.25, 0.3) is 5.56 Å². The lowest BCUT2D eigenvalue weighted by atomic mass is 10.1. The van der Waals surface area contributed by atoms with Crippen molar-refractivity contribution in [1.82, 2.24) is 9.55 Å². The zero-order chi connectivity index (χ0) is 26.7. The van der Waals surface area contributed by atoms with Crippen LogP contribution in [-0.2, 0) is 16.1 Å². The van der Waals surface area contributed by atoms with Crippen molar-refractivity contribution in [2.75, 3.05) is 34.9 Å². The lowest BCUT2D eigenvalue weighted by Crippen LogP contribution is -2.45. The van der Waals surface area contributed by atoms with Gasteiger partial charge in [-0.15, -0.1) is 11.8 Å². The van der Waals surface area contributed by atoms with Gasteiger partial charge in [-0.05, 0) is 35.9 Å². The van der Waals surface area contributed by atoms with Crippen LogP contribution in [0.15, 0.2) is 69.1 Å². The molecule has 0 aliphatic carbocycles. The van der Waals surface area contributed by atoms with Crippen LogP contribution < -0.4 is 26.8 Å². The number of nitrogens with zero attached hydrogens (tertiary/aromatic N) is 3. The Bertz CT molecular complexity index is 1420. The average Bonchev–Trinajstić information content (AvgIpc) is 3.27. The zero-order valence-corrected chi connectivity index (χ0v) is 22.0. The molecule has 1 atom stereocenters. The van der Waals surface area contributed by atoms with E-state index in [1.807, 2.05) is 74.7 Å². The molecule has 194 valence electrons. The molecule has 1 fully saturated rings. The molecule has 2 heterocycles. The third kappa shape index (κ3) is 5.64. The van der Waals surface area contributed by atoms with Crippen molar-refractivity contribution in [3.05, 3.63) is 81.0 Å². The summed E-state index contributed by atoms with van der Waals surface area (Å²) in [7, 11) is 0. The third-order valence-corrected chi connectivity index (χ3v) is 7.05. The summed E-state index contributed by atoms with van der Waals surface area (Å²) in [5.41, 5.74) is 6.50. The first-order chi connectivity index (χ1) is 17.7. The van der Waals surface area contributed by atoms with Crippen molar-refractivity contribution >= 4 is 40.8 Å². The van der Waals surface area contributed by atoms with Gasteiger partial charge >= 0.3 is 5.69 Å². The van der Waals surface area contributed by atoms with Crippen molar-refractivity contribution in [2.24, 2.45) is 11.8 Å². The Balaban J connectivity index is 1.69. The van der Waals surface area contributed by atoms with Gasteiger partial charge in [-0.25, -0.2) is 4.79 Å². The van der Waals surface area contributed by atoms with Crippen LogP contribution in [0.3, 0.4) is 0 Å². The topological polar surface area (TPSA) is 122 Å². The number of thioether (sulfide) groups is 1. The number of H-pyrrole nitrogens is 1. The van der Waals surface area contributed by atoms with E-state index < -0.39 is 17.2 Å². The largest absolute Gasteiger partial charge is 0.383 e. The van der Waals surface area contributed by atoms with Gasteiger partial charge in [0.1, 0.15) is 5.82 Å². The first-order valence-corrected chi connectivity index (χ1v) is 13.3. The Morgan fingerprint density at radius 3 is 2.54 bits per heavy atom. The molecule has 37 heavy (non-hydrogen) atoms. The SMILES string of the molecule is CSc1cccc(N2C[C@@H](C(=O)N(CC(C)C)c3c(N)n(Cc4ccccc4)c(=O)[nH]c3=O)CC2=O)c1. The van der Waals surface area contributed by atoms with Gasteiger partial charge in [0.2, 0.25) is 11.8 Å². The predicted octanol–water partition coefficient (Wildman–Crippen LogP) is 2.93. The number of anilines is 3. The van der Waals surface area contributed by atoms with Crippen molar-refractivity contribution in [2.45, 2.75) is 31.7 Å². The maximum atomic E-state index is 13.8. The molecule has 1 saturated heterocycles. The Morgan fingerprint density at radius 2 is 1.86 bits per heavy atom. The molecule has 1 aliphatic heterocycles. The second-order valence-corrected chi connectivity index (χ2v) is 10.4. The van der Waals surface area contributed by atoms with Crippen LogP contribution in [0.2, 0.25) is 0 Å². The lowest BCUT2D eigenvalue weighted by molar-refractivity contribution is -0.124. The summed E-state index contributed by atoms with van der Waals surface area (Å²) >= 11 is 1.57. The molecular weight excluding hydrogens is 490 g/mol. The molecular formula is C27H31N5O4S. The minimum Gasteiger partial charge on any atom is -0.383 e. The molecule has 2 amide bonds. The van der Waals surface area contributed by atoms with Crippen molar-refractivity contribution in [1.29, 1.82) is 0 Å². The summed E-state index contributed by atoms with van der Waals surface area (Å²) in [6.45, 7) is 4.39. The first-order valence-electron chi connectivity index (χ1n) is 12.1. The number of amides is 2. The molecule has 1 aliphatic rings. The maximum Gasteiger partial charge on any atom is 0.330 e. The highest BCUT2D eigenvalue weighted by molar-refractivity contribution is 7.98. The van der Waals surface area contributed by atoms with Gasteiger partial charge in [0.15, 0.2) is 5.69 Å². The number of aromatic nitrogens is 2. The van der Waals surface area contributed by atoms with E-state index in [0.717, 1.165) is 16.1 Å². The molecule has 9 nitrogen and oxygen atoms in total. The number of nitrogen functional groups attached to an aromatic ring is 1. The van der Waals surface area contributed by atoms with E-state index in [2.05, 4.69) is 4.98 Å². The molecule has 0 bridgehead atoms. The summed E-state index contributed by atoms with van der Waals surface area (Å²) in [5, 5.41) is 0. The smallest absolute Gasteiger partial charge is 0.330 e. The van der Waals surface area contributed by atoms with Crippen LogP contribution >= 0.6 is 11.8 Å². The van der Waals surface area contributed by atoms with E-state index in [1.54, 1.807) is 16.7 Å². The van der Waals surface area contributed by atoms with E-state index >= 15 is 0 Å². The van der Waals surface area contributed by atoms with Crippen LogP contribution in [0.4, 0.5) is 17.2 Å². The number of aromatic amines is 1. The predicted molar refractivity (Wildman–Crippen MR) is 147 cm³/mol. The number of hydrogen-bond acceptors (Lipinski definition) is 6. The summed E-state index contributed by atoms with van der Waals surface area (Å²) in [4.78, 5) is 58.7. The zero-order valence-electron chi connectivity index (χ0n) is 21.1. The molecule has 0 unspecified atom stereocenters. The monoisotopic (exact) mass is 521 g/mol. The van der Waals surface area contributed by atoms with Gasteiger partial charge in [-0.2, -0.15) is 0 Å². The second-order valence-electron chi connectivity index (χ2n) is 9.51. The van der Waals surface area contributed by atoms with Gasteiger partial charge in [-0.1, -0.05) is 50.2 Å². The van der Waals surface area contributed by atoms with E-state index in [9.17, 15) is 19.2 Å². The van der Waals surface area contributed by atoms with E-state index in [1.165, 1.54) is 9.47 Å². The second kappa shape index (κ2) is 11.1. The first kappa shape index (κ1) is 26.3. The van der Waals surface area contributed by atoms with Crippen molar-refractivity contribution in [3.63, 3.8) is 0 Å². The molecule has 1 aromatic heterocycles. The fourth-order valence-corrected chi connectivity index (χ4v) is 4.99. The number of nitrogens with two attached hydrogens (primary N) is 1. The molecule has 10 heteroatoms. The Morgan fingerprint density at radius 1 is 1.14 bits per heavy atom. The molecule has 0 radical (unpaired) electrons. The third-order valence-electron chi connectivity index (χ3n) is 6.32. The van der Waals surface area contributed by atoms with E-state index in [0.29, 0.717) is 0 Å². The number of carbonyl (C=O) groups is 2. The maximum absolute atomic E-state index is 13.8. The molecule has 2 aromatic carbocycles. The quantitative estimate of drug-likeness (QED) is 0.440.